The molecule has 0 spiro atoms. The molecule has 0 amide bonds. The first kappa shape index (κ1) is 30.0. The number of aromatic nitrogens is 2. The highest BCUT2D eigenvalue weighted by atomic mass is 15.0. The molecule has 2 aromatic heterocycles. The Bertz CT molecular complexity index is 3070. The molecule has 2 heteroatoms. The summed E-state index contributed by atoms with van der Waals surface area (Å²) in [7, 11) is 0. The smallest absolute Gasteiger partial charge is 0.0544 e. The van der Waals surface area contributed by atoms with Crippen molar-refractivity contribution in [1.82, 2.24) is 9.13 Å². The van der Waals surface area contributed by atoms with Crippen LogP contribution in [-0.2, 0) is 5.41 Å². The Morgan fingerprint density at radius 2 is 0.925 bits per heavy atom. The van der Waals surface area contributed by atoms with E-state index in [1.54, 1.807) is 0 Å². The summed E-state index contributed by atoms with van der Waals surface area (Å²) in [5, 5.41) is 5.15. The number of para-hydroxylation sites is 2. The van der Waals surface area contributed by atoms with E-state index in [4.69, 9.17) is 0 Å². The molecule has 0 radical (unpaired) electrons. The lowest BCUT2D eigenvalue weighted by Crippen LogP contribution is -2.15. The minimum Gasteiger partial charge on any atom is -0.309 e. The molecule has 1 aliphatic carbocycles. The van der Waals surface area contributed by atoms with E-state index in [0.717, 1.165) is 0 Å². The molecule has 0 bridgehead atoms. The van der Waals surface area contributed by atoms with Gasteiger partial charge in [0.25, 0.3) is 0 Å². The monoisotopic (exact) mass is 676 g/mol. The van der Waals surface area contributed by atoms with Crippen molar-refractivity contribution in [3.63, 3.8) is 0 Å². The zero-order chi connectivity index (χ0) is 35.3. The first-order chi connectivity index (χ1) is 26.1. The van der Waals surface area contributed by atoms with Crippen molar-refractivity contribution in [2.45, 2.75) is 19.3 Å². The molecule has 1 aliphatic rings. The Kier molecular flexibility index (Phi) is 6.33. The van der Waals surface area contributed by atoms with Crippen LogP contribution in [0.1, 0.15) is 25.0 Å². The molecule has 10 aromatic rings. The molecule has 0 atom stereocenters. The van der Waals surface area contributed by atoms with Gasteiger partial charge in [-0.25, -0.2) is 0 Å². The number of hydrogen-bond donors (Lipinski definition) is 0. The van der Waals surface area contributed by atoms with Gasteiger partial charge in [0.1, 0.15) is 0 Å². The minimum atomic E-state index is -0.148. The first-order valence-corrected chi connectivity index (χ1v) is 18.5. The molecular formula is C51H36N2. The molecule has 11 rings (SSSR count). The quantitative estimate of drug-likeness (QED) is 0.176. The maximum Gasteiger partial charge on any atom is 0.0544 e. The third kappa shape index (κ3) is 4.33. The van der Waals surface area contributed by atoms with E-state index in [1.165, 1.54) is 99.5 Å². The highest BCUT2D eigenvalue weighted by molar-refractivity contribution is 6.16. The lowest BCUT2D eigenvalue weighted by molar-refractivity contribution is 0.666. The summed E-state index contributed by atoms with van der Waals surface area (Å²) in [5.74, 6) is 0. The Labute approximate surface area is 308 Å². The predicted molar refractivity (Wildman–Crippen MR) is 224 cm³/mol. The van der Waals surface area contributed by atoms with E-state index in [-0.39, 0.29) is 5.41 Å². The van der Waals surface area contributed by atoms with Crippen molar-refractivity contribution >= 4 is 43.6 Å². The van der Waals surface area contributed by atoms with Crippen LogP contribution in [-0.4, -0.2) is 9.13 Å². The first-order valence-electron chi connectivity index (χ1n) is 18.5. The SMILES string of the molecule is CC1(C)c2ccccc2-c2ccc3c(c21)c1cc(-c2ccc4c(c2)c2ccccc2n4-c2ccccc2)ccc1n3-c1cccc(-c2ccccc2)c1. The van der Waals surface area contributed by atoms with E-state index in [9.17, 15) is 0 Å². The fourth-order valence-corrected chi connectivity index (χ4v) is 9.30. The van der Waals surface area contributed by atoms with Crippen LogP contribution in [0, 0.1) is 0 Å². The normalized spacial score (nSPS) is 13.2. The van der Waals surface area contributed by atoms with E-state index < -0.39 is 0 Å². The van der Waals surface area contributed by atoms with Gasteiger partial charge in [0.15, 0.2) is 0 Å². The lowest BCUT2D eigenvalue weighted by Gasteiger charge is -2.22. The topological polar surface area (TPSA) is 9.86 Å². The molecular weight excluding hydrogens is 641 g/mol. The molecule has 0 aliphatic heterocycles. The van der Waals surface area contributed by atoms with Crippen molar-refractivity contribution in [3.05, 3.63) is 193 Å². The second-order valence-corrected chi connectivity index (χ2v) is 15.0. The lowest BCUT2D eigenvalue weighted by atomic mass is 9.80. The summed E-state index contributed by atoms with van der Waals surface area (Å²) in [6, 6.07) is 67.0. The van der Waals surface area contributed by atoms with Crippen LogP contribution in [0.4, 0.5) is 0 Å². The second-order valence-electron chi connectivity index (χ2n) is 15.0. The molecule has 250 valence electrons. The number of rotatable bonds is 4. The predicted octanol–water partition coefficient (Wildman–Crippen LogP) is 13.5. The molecule has 0 saturated heterocycles. The summed E-state index contributed by atoms with van der Waals surface area (Å²) in [6.45, 7) is 4.80. The Morgan fingerprint density at radius 1 is 0.358 bits per heavy atom. The molecule has 0 fully saturated rings. The molecule has 0 N–H and O–H groups in total. The third-order valence-corrected chi connectivity index (χ3v) is 11.7. The summed E-state index contributed by atoms with van der Waals surface area (Å²) in [6.07, 6.45) is 0. The maximum absolute atomic E-state index is 2.48. The van der Waals surface area contributed by atoms with E-state index >= 15 is 0 Å². The van der Waals surface area contributed by atoms with Crippen LogP contribution in [0.2, 0.25) is 0 Å². The maximum atomic E-state index is 2.48. The van der Waals surface area contributed by atoms with Gasteiger partial charge in [0.2, 0.25) is 0 Å². The van der Waals surface area contributed by atoms with Crippen molar-refractivity contribution in [2.24, 2.45) is 0 Å². The van der Waals surface area contributed by atoms with Gasteiger partial charge in [-0.05, 0) is 105 Å². The Balaban J connectivity index is 1.18. The second kappa shape index (κ2) is 11.2. The standard InChI is InChI=1S/C51H36N2/c1-51(2)44-22-11-9-20-39(44)41-26-29-48-49(50(41)51)43-32-36(25-28-47(43)53(48)38-19-13-16-34(30-38)33-14-5-3-6-15-33)35-24-27-46-42(31-35)40-21-10-12-23-45(40)52(46)37-17-7-4-8-18-37/h3-32H,1-2H3. The highest BCUT2D eigenvalue weighted by Gasteiger charge is 2.38. The summed E-state index contributed by atoms with van der Waals surface area (Å²) in [5.41, 5.74) is 17.5. The third-order valence-electron chi connectivity index (χ3n) is 11.7. The van der Waals surface area contributed by atoms with Gasteiger partial charge in [-0.1, -0.05) is 135 Å². The fourth-order valence-electron chi connectivity index (χ4n) is 9.30. The van der Waals surface area contributed by atoms with Crippen molar-refractivity contribution in [3.8, 4) is 44.8 Å². The number of hydrogen-bond acceptors (Lipinski definition) is 0. The molecule has 0 saturated carbocycles. The molecule has 53 heavy (non-hydrogen) atoms. The van der Waals surface area contributed by atoms with Gasteiger partial charge in [-0.3, -0.25) is 0 Å². The number of nitrogens with zero attached hydrogens (tertiary/aromatic N) is 2. The van der Waals surface area contributed by atoms with Crippen LogP contribution in [0.25, 0.3) is 88.4 Å². The van der Waals surface area contributed by atoms with Gasteiger partial charge in [0.05, 0.1) is 22.1 Å². The van der Waals surface area contributed by atoms with Crippen molar-refractivity contribution < 1.29 is 0 Å². The molecule has 0 unspecified atom stereocenters. The minimum absolute atomic E-state index is 0.148. The van der Waals surface area contributed by atoms with E-state index in [2.05, 4.69) is 205 Å². The average molecular weight is 677 g/mol. The Morgan fingerprint density at radius 3 is 1.74 bits per heavy atom. The molecule has 2 nitrogen and oxygen atoms in total. The van der Waals surface area contributed by atoms with E-state index in [0.29, 0.717) is 0 Å². The fraction of sp³-hybridized carbons (Fsp3) is 0.0588. The van der Waals surface area contributed by atoms with Gasteiger partial charge in [-0.15, -0.1) is 0 Å². The summed E-state index contributed by atoms with van der Waals surface area (Å²) < 4.78 is 4.87. The van der Waals surface area contributed by atoms with Crippen LogP contribution < -0.4 is 0 Å². The van der Waals surface area contributed by atoms with Gasteiger partial charge in [0, 0.05) is 38.3 Å². The van der Waals surface area contributed by atoms with Gasteiger partial charge in [-0.2, -0.15) is 0 Å². The molecule has 2 heterocycles. The zero-order valence-corrected chi connectivity index (χ0v) is 29.7. The van der Waals surface area contributed by atoms with Crippen LogP contribution in [0.3, 0.4) is 0 Å². The van der Waals surface area contributed by atoms with Crippen LogP contribution in [0.5, 0.6) is 0 Å². The van der Waals surface area contributed by atoms with Gasteiger partial charge >= 0.3 is 0 Å². The van der Waals surface area contributed by atoms with Gasteiger partial charge < -0.3 is 9.13 Å². The average Bonchev–Trinajstić information content (AvgIpc) is 3.81. The number of benzene rings is 8. The van der Waals surface area contributed by atoms with Crippen molar-refractivity contribution in [2.75, 3.05) is 0 Å². The zero-order valence-electron chi connectivity index (χ0n) is 29.7. The largest absolute Gasteiger partial charge is 0.309 e. The van der Waals surface area contributed by atoms with E-state index in [1.807, 2.05) is 0 Å². The van der Waals surface area contributed by atoms with Crippen LogP contribution >= 0.6 is 0 Å². The number of fused-ring (bicyclic) bond motifs is 10. The highest BCUT2D eigenvalue weighted by Crippen LogP contribution is 2.53. The summed E-state index contributed by atoms with van der Waals surface area (Å²) in [4.78, 5) is 0. The Hall–Kier alpha value is -6.64. The summed E-state index contributed by atoms with van der Waals surface area (Å²) >= 11 is 0. The van der Waals surface area contributed by atoms with Crippen molar-refractivity contribution in [1.29, 1.82) is 0 Å². The molecule has 8 aromatic carbocycles. The van der Waals surface area contributed by atoms with Crippen LogP contribution in [0.15, 0.2) is 182 Å².